The molecule has 0 aliphatic carbocycles. The Labute approximate surface area is 100 Å². The highest BCUT2D eigenvalue weighted by atomic mass is 16.4. The van der Waals surface area contributed by atoms with E-state index in [0.717, 1.165) is 5.56 Å². The Hall–Kier alpha value is -1.88. The minimum atomic E-state index is -0.245. The zero-order valence-corrected chi connectivity index (χ0v) is 9.92. The Morgan fingerprint density at radius 1 is 1.18 bits per heavy atom. The van der Waals surface area contributed by atoms with Gasteiger partial charge in [-0.1, -0.05) is 35.4 Å². The predicted octanol–water partition coefficient (Wildman–Crippen LogP) is 2.26. The fourth-order valence-electron chi connectivity index (χ4n) is 1.49. The highest BCUT2D eigenvalue weighted by molar-refractivity contribution is 5.28. The molecule has 5 heteroatoms. The van der Waals surface area contributed by atoms with Gasteiger partial charge in [0, 0.05) is 0 Å². The van der Waals surface area contributed by atoms with E-state index in [1.807, 2.05) is 37.3 Å². The predicted molar refractivity (Wildman–Crippen MR) is 65.4 cm³/mol. The molecule has 0 aliphatic heterocycles. The minimum absolute atomic E-state index is 0.109. The summed E-state index contributed by atoms with van der Waals surface area (Å²) in [5.74, 6) is 0.438. The second-order valence-corrected chi connectivity index (χ2v) is 4.01. The van der Waals surface area contributed by atoms with E-state index in [0.29, 0.717) is 11.9 Å². The lowest BCUT2D eigenvalue weighted by atomic mass is 10.1. The summed E-state index contributed by atoms with van der Waals surface area (Å²) in [6.07, 6.45) is 0. The lowest BCUT2D eigenvalue weighted by Crippen LogP contribution is -2.06. The van der Waals surface area contributed by atoms with Crippen molar-refractivity contribution < 1.29 is 4.42 Å². The second-order valence-electron chi connectivity index (χ2n) is 4.01. The van der Waals surface area contributed by atoms with Gasteiger partial charge in [-0.3, -0.25) is 0 Å². The largest absolute Gasteiger partial charge is 0.406 e. The van der Waals surface area contributed by atoms with Gasteiger partial charge in [-0.2, -0.15) is 0 Å². The highest BCUT2D eigenvalue weighted by Crippen LogP contribution is 2.19. The van der Waals surface area contributed by atoms with E-state index in [2.05, 4.69) is 15.5 Å². The summed E-state index contributed by atoms with van der Waals surface area (Å²) in [5, 5.41) is 10.9. The van der Waals surface area contributed by atoms with Crippen molar-refractivity contribution in [2.24, 2.45) is 5.73 Å². The second kappa shape index (κ2) is 4.97. The average Bonchev–Trinajstić information content (AvgIpc) is 2.79. The van der Waals surface area contributed by atoms with Crippen LogP contribution in [0, 0.1) is 0 Å². The molecule has 5 nitrogen and oxygen atoms in total. The van der Waals surface area contributed by atoms with Crippen LogP contribution in [0.3, 0.4) is 0 Å². The van der Waals surface area contributed by atoms with Crippen LogP contribution in [0.2, 0.25) is 0 Å². The number of nitrogens with zero attached hydrogens (tertiary/aromatic N) is 2. The molecule has 1 aromatic heterocycles. The van der Waals surface area contributed by atoms with Gasteiger partial charge in [0.05, 0.1) is 12.1 Å². The van der Waals surface area contributed by atoms with Gasteiger partial charge in [0.1, 0.15) is 0 Å². The molecule has 1 heterocycles. The first-order chi connectivity index (χ1) is 8.16. The maximum Gasteiger partial charge on any atom is 0.315 e. The molecule has 0 saturated heterocycles. The van der Waals surface area contributed by atoms with Gasteiger partial charge in [0.25, 0.3) is 0 Å². The molecule has 2 atom stereocenters. The number of benzene rings is 1. The first kappa shape index (κ1) is 11.6. The molecule has 17 heavy (non-hydrogen) atoms. The molecule has 2 aromatic rings. The Morgan fingerprint density at radius 3 is 2.47 bits per heavy atom. The fourth-order valence-corrected chi connectivity index (χ4v) is 1.49. The molecule has 0 aliphatic rings. The standard InChI is InChI=1S/C12H16N4O/c1-8(13)11-15-16-12(17-11)14-9(2)10-6-4-3-5-7-10/h3-9H,13H2,1-2H3,(H,14,16). The number of rotatable bonds is 4. The van der Waals surface area contributed by atoms with E-state index in [9.17, 15) is 0 Å². The van der Waals surface area contributed by atoms with Gasteiger partial charge in [-0.25, -0.2) is 0 Å². The number of anilines is 1. The van der Waals surface area contributed by atoms with E-state index in [1.54, 1.807) is 6.92 Å². The van der Waals surface area contributed by atoms with Crippen molar-refractivity contribution in [1.29, 1.82) is 0 Å². The Morgan fingerprint density at radius 2 is 1.88 bits per heavy atom. The van der Waals surface area contributed by atoms with Crippen LogP contribution >= 0.6 is 0 Å². The topological polar surface area (TPSA) is 77.0 Å². The van der Waals surface area contributed by atoms with Crippen LogP contribution in [0.1, 0.15) is 37.4 Å². The van der Waals surface area contributed by atoms with Crippen LogP contribution in [0.15, 0.2) is 34.7 Å². The third-order valence-electron chi connectivity index (χ3n) is 2.47. The molecule has 0 saturated carbocycles. The van der Waals surface area contributed by atoms with Crippen LogP contribution in [0.25, 0.3) is 0 Å². The highest BCUT2D eigenvalue weighted by Gasteiger charge is 2.12. The molecule has 0 fully saturated rings. The van der Waals surface area contributed by atoms with E-state index in [4.69, 9.17) is 10.2 Å². The van der Waals surface area contributed by atoms with Crippen molar-refractivity contribution >= 4 is 6.01 Å². The van der Waals surface area contributed by atoms with Gasteiger partial charge in [-0.05, 0) is 19.4 Å². The number of nitrogens with two attached hydrogens (primary N) is 1. The Balaban J connectivity index is 2.05. The summed E-state index contributed by atoms with van der Waals surface area (Å²) in [6.45, 7) is 3.84. The molecule has 3 N–H and O–H groups in total. The van der Waals surface area contributed by atoms with Gasteiger partial charge in [0.2, 0.25) is 5.89 Å². The van der Waals surface area contributed by atoms with Gasteiger partial charge < -0.3 is 15.5 Å². The third kappa shape index (κ3) is 2.82. The van der Waals surface area contributed by atoms with Crippen LogP contribution in [0.5, 0.6) is 0 Å². The van der Waals surface area contributed by atoms with Gasteiger partial charge in [0.15, 0.2) is 0 Å². The molecule has 1 aromatic carbocycles. The zero-order valence-electron chi connectivity index (χ0n) is 9.92. The number of aromatic nitrogens is 2. The fraction of sp³-hybridized carbons (Fsp3) is 0.333. The molecule has 2 rings (SSSR count). The number of nitrogens with one attached hydrogen (secondary N) is 1. The zero-order chi connectivity index (χ0) is 12.3. The maximum absolute atomic E-state index is 5.64. The summed E-state index contributed by atoms with van der Waals surface area (Å²) in [6, 6.07) is 10.3. The molecule has 0 bridgehead atoms. The molecule has 90 valence electrons. The quantitative estimate of drug-likeness (QED) is 0.845. The Kier molecular flexibility index (Phi) is 3.39. The van der Waals surface area contributed by atoms with Crippen molar-refractivity contribution in [3.8, 4) is 0 Å². The Bertz CT molecular complexity index is 466. The van der Waals surface area contributed by atoms with E-state index in [1.165, 1.54) is 0 Å². The SMILES string of the molecule is CC(N)c1nnc(NC(C)c2ccccc2)o1. The lowest BCUT2D eigenvalue weighted by molar-refractivity contribution is 0.470. The molecule has 0 amide bonds. The summed E-state index contributed by atoms with van der Waals surface area (Å²) in [7, 11) is 0. The number of hydrogen-bond donors (Lipinski definition) is 2. The molecule has 2 unspecified atom stereocenters. The van der Waals surface area contributed by atoms with Crippen LogP contribution in [-0.2, 0) is 0 Å². The van der Waals surface area contributed by atoms with E-state index < -0.39 is 0 Å². The van der Waals surface area contributed by atoms with Crippen molar-refractivity contribution in [2.45, 2.75) is 25.9 Å². The van der Waals surface area contributed by atoms with Crippen molar-refractivity contribution in [2.75, 3.05) is 5.32 Å². The molecule has 0 radical (unpaired) electrons. The van der Waals surface area contributed by atoms with E-state index >= 15 is 0 Å². The van der Waals surface area contributed by atoms with Crippen molar-refractivity contribution in [3.63, 3.8) is 0 Å². The van der Waals surface area contributed by atoms with Crippen molar-refractivity contribution in [1.82, 2.24) is 10.2 Å². The minimum Gasteiger partial charge on any atom is -0.406 e. The molecule has 0 spiro atoms. The smallest absolute Gasteiger partial charge is 0.315 e. The first-order valence-corrected chi connectivity index (χ1v) is 5.57. The average molecular weight is 232 g/mol. The molecular formula is C12H16N4O. The lowest BCUT2D eigenvalue weighted by Gasteiger charge is -2.11. The van der Waals surface area contributed by atoms with Crippen LogP contribution < -0.4 is 11.1 Å². The summed E-state index contributed by atoms with van der Waals surface area (Å²) in [4.78, 5) is 0. The van der Waals surface area contributed by atoms with Crippen LogP contribution in [-0.4, -0.2) is 10.2 Å². The van der Waals surface area contributed by atoms with Crippen LogP contribution in [0.4, 0.5) is 6.01 Å². The summed E-state index contributed by atoms with van der Waals surface area (Å²) in [5.41, 5.74) is 6.81. The van der Waals surface area contributed by atoms with Gasteiger partial charge >= 0.3 is 6.01 Å². The number of hydrogen-bond acceptors (Lipinski definition) is 5. The van der Waals surface area contributed by atoms with Gasteiger partial charge in [-0.15, -0.1) is 5.10 Å². The third-order valence-corrected chi connectivity index (χ3v) is 2.47. The summed E-state index contributed by atoms with van der Waals surface area (Å²) >= 11 is 0. The van der Waals surface area contributed by atoms with Crippen molar-refractivity contribution in [3.05, 3.63) is 41.8 Å². The maximum atomic E-state index is 5.64. The summed E-state index contributed by atoms with van der Waals surface area (Å²) < 4.78 is 5.38. The normalized spacial score (nSPS) is 14.3. The monoisotopic (exact) mass is 232 g/mol. The van der Waals surface area contributed by atoms with E-state index in [-0.39, 0.29) is 12.1 Å². The first-order valence-electron chi connectivity index (χ1n) is 5.57. The molecular weight excluding hydrogens is 216 g/mol.